The summed E-state index contributed by atoms with van der Waals surface area (Å²) in [6, 6.07) is 7.13. The number of rotatable bonds is 5. The molecule has 104 valence electrons. The summed E-state index contributed by atoms with van der Waals surface area (Å²) in [5.41, 5.74) is 1.26. The zero-order valence-electron chi connectivity index (χ0n) is 11.0. The van der Waals surface area contributed by atoms with Crippen molar-refractivity contribution in [2.45, 2.75) is 24.7 Å². The fourth-order valence-corrected chi connectivity index (χ4v) is 3.56. The van der Waals surface area contributed by atoms with Crippen LogP contribution >= 0.6 is 0 Å². The molecule has 2 atom stereocenters. The lowest BCUT2D eigenvalue weighted by Gasteiger charge is -2.10. The largest absolute Gasteiger partial charge is 0.465 e. The summed E-state index contributed by atoms with van der Waals surface area (Å²) in [4.78, 5) is 11.6. The van der Waals surface area contributed by atoms with E-state index in [0.29, 0.717) is 17.1 Å². The van der Waals surface area contributed by atoms with Gasteiger partial charge in [0.2, 0.25) is 0 Å². The van der Waals surface area contributed by atoms with Gasteiger partial charge in [0.1, 0.15) is 0 Å². The van der Waals surface area contributed by atoms with Crippen molar-refractivity contribution in [3.05, 3.63) is 35.4 Å². The summed E-state index contributed by atoms with van der Waals surface area (Å²) < 4.78 is 22.3. The van der Waals surface area contributed by atoms with Crippen molar-refractivity contribution in [1.29, 1.82) is 0 Å². The van der Waals surface area contributed by atoms with E-state index < -0.39 is 10.8 Å². The summed E-state index contributed by atoms with van der Waals surface area (Å²) in [5.74, 6) is 0.519. The Hall–Kier alpha value is -1.20. The zero-order chi connectivity index (χ0) is 13.7. The summed E-state index contributed by atoms with van der Waals surface area (Å²) in [5, 5.41) is 0. The molecule has 0 N–H and O–H groups in total. The molecule has 1 fully saturated rings. The van der Waals surface area contributed by atoms with Gasteiger partial charge in [-0.25, -0.2) is 4.79 Å². The van der Waals surface area contributed by atoms with Crippen LogP contribution in [-0.4, -0.2) is 35.8 Å². The van der Waals surface area contributed by atoms with E-state index >= 15 is 0 Å². The van der Waals surface area contributed by atoms with E-state index in [1.165, 1.54) is 7.11 Å². The molecule has 0 spiro atoms. The molecule has 0 aliphatic carbocycles. The minimum absolute atomic E-state index is 0.103. The van der Waals surface area contributed by atoms with Crippen molar-refractivity contribution in [3.63, 3.8) is 0 Å². The molecule has 1 aromatic carbocycles. The van der Waals surface area contributed by atoms with Crippen LogP contribution in [0, 0.1) is 0 Å². The maximum Gasteiger partial charge on any atom is 0.338 e. The lowest BCUT2D eigenvalue weighted by molar-refractivity contribution is 0.0600. The number of methoxy groups -OCH3 is 1. The number of esters is 1. The van der Waals surface area contributed by atoms with Crippen LogP contribution in [0.2, 0.25) is 0 Å². The molecule has 1 aliphatic heterocycles. The monoisotopic (exact) mass is 282 g/mol. The van der Waals surface area contributed by atoms with Crippen LogP contribution in [0.25, 0.3) is 0 Å². The first-order chi connectivity index (χ1) is 9.20. The molecule has 1 heterocycles. The number of hydrogen-bond donors (Lipinski definition) is 0. The van der Waals surface area contributed by atoms with Gasteiger partial charge >= 0.3 is 5.97 Å². The van der Waals surface area contributed by atoms with Gasteiger partial charge in [0.15, 0.2) is 0 Å². The van der Waals surface area contributed by atoms with Gasteiger partial charge in [-0.15, -0.1) is 0 Å². The van der Waals surface area contributed by atoms with Crippen molar-refractivity contribution >= 4 is 16.8 Å². The van der Waals surface area contributed by atoms with Gasteiger partial charge < -0.3 is 9.47 Å². The molecule has 1 aliphatic rings. The SMILES string of the molecule is COC(=O)c1ccccc1CS(=O)CC1CCCO1. The van der Waals surface area contributed by atoms with Gasteiger partial charge in [-0.3, -0.25) is 4.21 Å². The maximum atomic E-state index is 12.1. The quantitative estimate of drug-likeness (QED) is 0.774. The molecule has 19 heavy (non-hydrogen) atoms. The van der Waals surface area contributed by atoms with Crippen molar-refractivity contribution in [1.82, 2.24) is 0 Å². The number of carbonyl (C=O) groups is 1. The van der Waals surface area contributed by atoms with Gasteiger partial charge in [0.05, 0.1) is 24.5 Å². The Kier molecular flexibility index (Phi) is 5.10. The minimum atomic E-state index is -1.02. The smallest absolute Gasteiger partial charge is 0.338 e. The molecule has 0 bridgehead atoms. The van der Waals surface area contributed by atoms with Crippen LogP contribution in [0.5, 0.6) is 0 Å². The Morgan fingerprint density at radius 3 is 2.95 bits per heavy atom. The average Bonchev–Trinajstić information content (AvgIpc) is 2.91. The highest BCUT2D eigenvalue weighted by Gasteiger charge is 2.20. The Morgan fingerprint density at radius 2 is 2.26 bits per heavy atom. The first-order valence-corrected chi connectivity index (χ1v) is 7.82. The summed E-state index contributed by atoms with van der Waals surface area (Å²) in [7, 11) is 0.327. The standard InChI is InChI=1S/C14H18O4S/c1-17-14(15)13-7-3-2-5-11(13)9-19(16)10-12-6-4-8-18-12/h2-3,5,7,12H,4,6,8-10H2,1H3. The van der Waals surface area contributed by atoms with E-state index in [9.17, 15) is 9.00 Å². The summed E-state index contributed by atoms with van der Waals surface area (Å²) in [6.07, 6.45) is 2.12. The van der Waals surface area contributed by atoms with E-state index in [1.54, 1.807) is 12.1 Å². The highest BCUT2D eigenvalue weighted by Crippen LogP contribution is 2.17. The minimum Gasteiger partial charge on any atom is -0.465 e. The maximum absolute atomic E-state index is 12.1. The van der Waals surface area contributed by atoms with E-state index in [4.69, 9.17) is 9.47 Å². The van der Waals surface area contributed by atoms with Crippen LogP contribution in [0.1, 0.15) is 28.8 Å². The Balaban J connectivity index is 2.01. The molecule has 1 saturated heterocycles. The van der Waals surface area contributed by atoms with Gasteiger partial charge in [0, 0.05) is 23.2 Å². The molecule has 0 radical (unpaired) electrons. The van der Waals surface area contributed by atoms with Crippen LogP contribution in [0.15, 0.2) is 24.3 Å². The molecule has 4 nitrogen and oxygen atoms in total. The van der Waals surface area contributed by atoms with E-state index in [1.807, 2.05) is 12.1 Å². The van der Waals surface area contributed by atoms with Crippen LogP contribution in [0.4, 0.5) is 0 Å². The van der Waals surface area contributed by atoms with Gasteiger partial charge in [0.25, 0.3) is 0 Å². The van der Waals surface area contributed by atoms with Gasteiger partial charge in [-0.2, -0.15) is 0 Å². The second-order valence-corrected chi connectivity index (χ2v) is 6.04. The summed E-state index contributed by atoms with van der Waals surface area (Å²) in [6.45, 7) is 0.764. The molecule has 2 unspecified atom stereocenters. The third-order valence-electron chi connectivity index (χ3n) is 3.13. The van der Waals surface area contributed by atoms with Crippen LogP contribution in [-0.2, 0) is 26.0 Å². The second-order valence-electron chi connectivity index (χ2n) is 4.53. The molecule has 2 rings (SSSR count). The molecular weight excluding hydrogens is 264 g/mol. The van der Waals surface area contributed by atoms with Crippen molar-refractivity contribution in [3.8, 4) is 0 Å². The zero-order valence-corrected chi connectivity index (χ0v) is 11.8. The number of benzene rings is 1. The van der Waals surface area contributed by atoms with Crippen molar-refractivity contribution in [2.75, 3.05) is 19.5 Å². The fraction of sp³-hybridized carbons (Fsp3) is 0.500. The predicted octanol–water partition coefficient (Wildman–Crippen LogP) is 1.90. The number of ether oxygens (including phenoxy) is 2. The lowest BCUT2D eigenvalue weighted by atomic mass is 10.1. The first kappa shape index (κ1) is 14.2. The lowest BCUT2D eigenvalue weighted by Crippen LogP contribution is -2.17. The predicted molar refractivity (Wildman–Crippen MR) is 73.5 cm³/mol. The van der Waals surface area contributed by atoms with Crippen LogP contribution < -0.4 is 0 Å². The Bertz CT molecular complexity index is 466. The highest BCUT2D eigenvalue weighted by molar-refractivity contribution is 7.84. The summed E-state index contributed by atoms with van der Waals surface area (Å²) >= 11 is 0. The molecule has 0 amide bonds. The molecule has 0 aromatic heterocycles. The normalized spacial score (nSPS) is 20.2. The Morgan fingerprint density at radius 1 is 1.47 bits per heavy atom. The average molecular weight is 282 g/mol. The fourth-order valence-electron chi connectivity index (χ4n) is 2.17. The number of carbonyl (C=O) groups excluding carboxylic acids is 1. The number of hydrogen-bond acceptors (Lipinski definition) is 4. The van der Waals surface area contributed by atoms with E-state index in [-0.39, 0.29) is 12.1 Å². The first-order valence-electron chi connectivity index (χ1n) is 6.33. The van der Waals surface area contributed by atoms with Crippen molar-refractivity contribution < 1.29 is 18.5 Å². The third kappa shape index (κ3) is 3.88. The Labute approximate surface area is 115 Å². The third-order valence-corrected chi connectivity index (χ3v) is 4.51. The molecule has 5 heteroatoms. The molecule has 0 saturated carbocycles. The topological polar surface area (TPSA) is 52.6 Å². The molecule has 1 aromatic rings. The van der Waals surface area contributed by atoms with Gasteiger partial charge in [-0.1, -0.05) is 18.2 Å². The van der Waals surface area contributed by atoms with E-state index in [2.05, 4.69) is 0 Å². The van der Waals surface area contributed by atoms with E-state index in [0.717, 1.165) is 25.0 Å². The van der Waals surface area contributed by atoms with Crippen molar-refractivity contribution in [2.24, 2.45) is 0 Å². The van der Waals surface area contributed by atoms with Crippen LogP contribution in [0.3, 0.4) is 0 Å². The molecular formula is C14H18O4S. The highest BCUT2D eigenvalue weighted by atomic mass is 32.2. The second kappa shape index (κ2) is 6.82. The van der Waals surface area contributed by atoms with Gasteiger partial charge in [-0.05, 0) is 24.5 Å².